The van der Waals surface area contributed by atoms with E-state index in [1.807, 2.05) is 38.1 Å². The Hall–Kier alpha value is -2.14. The van der Waals surface area contributed by atoms with E-state index in [0.717, 1.165) is 16.9 Å². The number of carboxylic acids is 1. The standard InChI is InChI=1S/C18H21NO3S/c1-4-12-5-7-13(8-6-12)18(2,3)17(22)19-11-14-9-10-15(23-14)16(20)21/h5-10H,4,11H2,1-3H3,(H,19,22)(H,20,21). The van der Waals surface area contributed by atoms with Crippen molar-refractivity contribution in [1.82, 2.24) is 5.32 Å². The van der Waals surface area contributed by atoms with Crippen LogP contribution in [0.25, 0.3) is 0 Å². The fraction of sp³-hybridized carbons (Fsp3) is 0.333. The second-order valence-electron chi connectivity index (χ2n) is 5.93. The Morgan fingerprint density at radius 3 is 2.30 bits per heavy atom. The minimum atomic E-state index is -0.941. The van der Waals surface area contributed by atoms with Gasteiger partial charge < -0.3 is 10.4 Å². The van der Waals surface area contributed by atoms with E-state index in [9.17, 15) is 9.59 Å². The number of thiophene rings is 1. The van der Waals surface area contributed by atoms with Gasteiger partial charge in [-0.2, -0.15) is 0 Å². The maximum atomic E-state index is 12.5. The first-order valence-electron chi connectivity index (χ1n) is 7.54. The summed E-state index contributed by atoms with van der Waals surface area (Å²) in [5, 5.41) is 11.8. The lowest BCUT2D eigenvalue weighted by Crippen LogP contribution is -2.39. The van der Waals surface area contributed by atoms with Crippen LogP contribution in [0.4, 0.5) is 0 Å². The highest BCUT2D eigenvalue weighted by molar-refractivity contribution is 7.13. The van der Waals surface area contributed by atoms with E-state index in [1.54, 1.807) is 12.1 Å². The zero-order valence-corrected chi connectivity index (χ0v) is 14.4. The molecular weight excluding hydrogens is 310 g/mol. The number of carbonyl (C=O) groups is 2. The first-order valence-corrected chi connectivity index (χ1v) is 8.36. The highest BCUT2D eigenvalue weighted by Crippen LogP contribution is 2.24. The van der Waals surface area contributed by atoms with Gasteiger partial charge >= 0.3 is 5.97 Å². The minimum Gasteiger partial charge on any atom is -0.477 e. The lowest BCUT2D eigenvalue weighted by Gasteiger charge is -2.24. The first-order chi connectivity index (χ1) is 10.8. The topological polar surface area (TPSA) is 66.4 Å². The lowest BCUT2D eigenvalue weighted by atomic mass is 9.83. The molecule has 0 radical (unpaired) electrons. The van der Waals surface area contributed by atoms with Crippen LogP contribution in [0.15, 0.2) is 36.4 Å². The summed E-state index contributed by atoms with van der Waals surface area (Å²) < 4.78 is 0. The Kier molecular flexibility index (Phi) is 5.21. The molecule has 0 unspecified atom stereocenters. The molecule has 23 heavy (non-hydrogen) atoms. The quantitative estimate of drug-likeness (QED) is 0.850. The number of rotatable bonds is 6. The molecule has 4 nitrogen and oxygen atoms in total. The average molecular weight is 331 g/mol. The SMILES string of the molecule is CCc1ccc(C(C)(C)C(=O)NCc2ccc(C(=O)O)s2)cc1. The van der Waals surface area contributed by atoms with Gasteiger partial charge in [-0.3, -0.25) is 4.79 Å². The number of aryl methyl sites for hydroxylation is 1. The Labute approximate surface area is 140 Å². The molecule has 0 bridgehead atoms. The molecule has 2 aromatic rings. The van der Waals surface area contributed by atoms with Crippen LogP contribution in [0, 0.1) is 0 Å². The molecule has 122 valence electrons. The van der Waals surface area contributed by atoms with E-state index in [-0.39, 0.29) is 10.8 Å². The Morgan fingerprint density at radius 1 is 1.13 bits per heavy atom. The van der Waals surface area contributed by atoms with Crippen molar-refractivity contribution in [3.63, 3.8) is 0 Å². The molecule has 0 fully saturated rings. The van der Waals surface area contributed by atoms with Gasteiger partial charge in [0.15, 0.2) is 0 Å². The van der Waals surface area contributed by atoms with Gasteiger partial charge in [-0.25, -0.2) is 4.79 Å². The van der Waals surface area contributed by atoms with Crippen molar-refractivity contribution in [2.24, 2.45) is 0 Å². The van der Waals surface area contributed by atoms with Crippen LogP contribution in [-0.2, 0) is 23.2 Å². The van der Waals surface area contributed by atoms with Gasteiger partial charge in [0, 0.05) is 4.88 Å². The molecule has 2 N–H and O–H groups in total. The first kappa shape index (κ1) is 17.2. The van der Waals surface area contributed by atoms with Crippen molar-refractivity contribution in [2.45, 2.75) is 39.2 Å². The van der Waals surface area contributed by atoms with Crippen LogP contribution in [0.3, 0.4) is 0 Å². The van der Waals surface area contributed by atoms with Crippen molar-refractivity contribution in [2.75, 3.05) is 0 Å². The molecule has 5 heteroatoms. The molecule has 0 saturated carbocycles. The summed E-state index contributed by atoms with van der Waals surface area (Å²) in [5.41, 5.74) is 1.56. The van der Waals surface area contributed by atoms with Crippen LogP contribution in [-0.4, -0.2) is 17.0 Å². The predicted octanol–water partition coefficient (Wildman–Crippen LogP) is 3.60. The van der Waals surface area contributed by atoms with Gasteiger partial charge in [0.05, 0.1) is 12.0 Å². The molecule has 1 amide bonds. The zero-order chi connectivity index (χ0) is 17.0. The molecule has 1 aromatic carbocycles. The van der Waals surface area contributed by atoms with Gasteiger partial charge in [-0.05, 0) is 43.5 Å². The van der Waals surface area contributed by atoms with Crippen molar-refractivity contribution in [1.29, 1.82) is 0 Å². The maximum absolute atomic E-state index is 12.5. The molecule has 0 aliphatic heterocycles. The average Bonchev–Trinajstić information content (AvgIpc) is 3.01. The third kappa shape index (κ3) is 3.99. The van der Waals surface area contributed by atoms with E-state index in [1.165, 1.54) is 16.9 Å². The Bertz CT molecular complexity index is 701. The minimum absolute atomic E-state index is 0.0768. The summed E-state index contributed by atoms with van der Waals surface area (Å²) >= 11 is 1.18. The Morgan fingerprint density at radius 2 is 1.78 bits per heavy atom. The van der Waals surface area contributed by atoms with Gasteiger partial charge in [-0.15, -0.1) is 11.3 Å². The molecule has 0 spiro atoms. The van der Waals surface area contributed by atoms with Crippen molar-refractivity contribution < 1.29 is 14.7 Å². The summed E-state index contributed by atoms with van der Waals surface area (Å²) in [6.45, 7) is 6.22. The maximum Gasteiger partial charge on any atom is 0.345 e. The summed E-state index contributed by atoms with van der Waals surface area (Å²) in [6.07, 6.45) is 0.969. The van der Waals surface area contributed by atoms with Crippen molar-refractivity contribution in [3.8, 4) is 0 Å². The van der Waals surface area contributed by atoms with E-state index < -0.39 is 11.4 Å². The molecular formula is C18H21NO3S. The van der Waals surface area contributed by atoms with Gasteiger partial charge in [0.25, 0.3) is 0 Å². The largest absolute Gasteiger partial charge is 0.477 e. The third-order valence-corrected chi connectivity index (χ3v) is 5.02. The lowest BCUT2D eigenvalue weighted by molar-refractivity contribution is -0.125. The molecule has 0 aliphatic carbocycles. The van der Waals surface area contributed by atoms with E-state index in [2.05, 4.69) is 12.2 Å². The molecule has 0 aliphatic rings. The number of carboxylic acid groups (broad SMARTS) is 1. The number of amides is 1. The smallest absolute Gasteiger partial charge is 0.345 e. The van der Waals surface area contributed by atoms with E-state index in [0.29, 0.717) is 6.54 Å². The third-order valence-electron chi connectivity index (χ3n) is 3.95. The van der Waals surface area contributed by atoms with Gasteiger partial charge in [0.2, 0.25) is 5.91 Å². The van der Waals surface area contributed by atoms with Crippen LogP contribution in [0.2, 0.25) is 0 Å². The number of nitrogens with one attached hydrogen (secondary N) is 1. The van der Waals surface area contributed by atoms with E-state index >= 15 is 0 Å². The second kappa shape index (κ2) is 6.96. The van der Waals surface area contributed by atoms with Gasteiger partial charge in [0.1, 0.15) is 4.88 Å². The van der Waals surface area contributed by atoms with Crippen LogP contribution in [0.1, 0.15) is 46.4 Å². The predicted molar refractivity (Wildman–Crippen MR) is 92.0 cm³/mol. The summed E-state index contributed by atoms with van der Waals surface area (Å²) in [7, 11) is 0. The molecule has 1 heterocycles. The number of hydrogen-bond acceptors (Lipinski definition) is 3. The summed E-state index contributed by atoms with van der Waals surface area (Å²) in [5.74, 6) is -1.02. The van der Waals surface area contributed by atoms with Crippen LogP contribution in [0.5, 0.6) is 0 Å². The monoisotopic (exact) mass is 331 g/mol. The van der Waals surface area contributed by atoms with E-state index in [4.69, 9.17) is 5.11 Å². The number of hydrogen-bond donors (Lipinski definition) is 2. The molecule has 1 aromatic heterocycles. The van der Waals surface area contributed by atoms with Crippen molar-refractivity contribution in [3.05, 3.63) is 57.3 Å². The summed E-state index contributed by atoms with van der Waals surface area (Å²) in [6, 6.07) is 11.4. The zero-order valence-electron chi connectivity index (χ0n) is 13.6. The van der Waals surface area contributed by atoms with Gasteiger partial charge in [-0.1, -0.05) is 31.2 Å². The number of carbonyl (C=O) groups excluding carboxylic acids is 1. The summed E-state index contributed by atoms with van der Waals surface area (Å²) in [4.78, 5) is 24.5. The molecule has 2 rings (SSSR count). The highest BCUT2D eigenvalue weighted by Gasteiger charge is 2.29. The highest BCUT2D eigenvalue weighted by atomic mass is 32.1. The fourth-order valence-corrected chi connectivity index (χ4v) is 3.05. The normalized spacial score (nSPS) is 11.3. The fourth-order valence-electron chi connectivity index (χ4n) is 2.26. The van der Waals surface area contributed by atoms with Crippen molar-refractivity contribution >= 4 is 23.2 Å². The molecule has 0 atom stereocenters. The van der Waals surface area contributed by atoms with Crippen LogP contribution >= 0.6 is 11.3 Å². The molecule has 0 saturated heterocycles. The number of aromatic carboxylic acids is 1. The number of benzene rings is 1. The second-order valence-corrected chi connectivity index (χ2v) is 7.10. The van der Waals surface area contributed by atoms with Crippen LogP contribution < -0.4 is 5.32 Å². The Balaban J connectivity index is 2.03.